The number of aromatic nitrogens is 1. The van der Waals surface area contributed by atoms with E-state index in [-0.39, 0.29) is 30.4 Å². The van der Waals surface area contributed by atoms with Crippen LogP contribution in [-0.2, 0) is 17.8 Å². The van der Waals surface area contributed by atoms with E-state index in [2.05, 4.69) is 60.0 Å². The number of ether oxygens (including phenoxy) is 2. The van der Waals surface area contributed by atoms with Gasteiger partial charge in [0.1, 0.15) is 18.5 Å². The average molecular weight is 760 g/mol. The van der Waals surface area contributed by atoms with Crippen LogP contribution in [0.15, 0.2) is 108 Å². The maximum atomic E-state index is 13.0. The second-order valence-electron chi connectivity index (χ2n) is 15.8. The summed E-state index contributed by atoms with van der Waals surface area (Å²) in [7, 11) is 4.45. The molecular weight excluding hydrogens is 701 g/mol. The van der Waals surface area contributed by atoms with Gasteiger partial charge < -0.3 is 29.4 Å². The molecule has 56 heavy (non-hydrogen) atoms. The molecule has 1 saturated heterocycles. The fraction of sp³-hybridized carbons (Fsp3) is 0.404. The van der Waals surface area contributed by atoms with Crippen molar-refractivity contribution in [3.05, 3.63) is 130 Å². The lowest BCUT2D eigenvalue weighted by Crippen LogP contribution is -2.48. The number of quaternary nitrogens is 1. The second kappa shape index (κ2) is 20.3. The number of carbonyl (C=O) groups is 1. The number of pyridine rings is 1. The third-order valence-corrected chi connectivity index (χ3v) is 11.0. The number of hydrogen-bond donors (Lipinski definition) is 4. The highest BCUT2D eigenvalue weighted by Gasteiger charge is 2.28. The number of rotatable bonds is 19. The summed E-state index contributed by atoms with van der Waals surface area (Å²) < 4.78 is 12.9. The summed E-state index contributed by atoms with van der Waals surface area (Å²) in [6.07, 6.45) is 10.3. The van der Waals surface area contributed by atoms with Gasteiger partial charge in [0, 0.05) is 29.9 Å². The molecule has 0 aliphatic carbocycles. The minimum Gasteiger partial charge on any atom is -0.487 e. The fourth-order valence-electron chi connectivity index (χ4n) is 7.67. The first-order valence-electron chi connectivity index (χ1n) is 20.4. The Morgan fingerprint density at radius 2 is 1.52 bits per heavy atom. The molecule has 296 valence electrons. The molecule has 4 aromatic carbocycles. The van der Waals surface area contributed by atoms with Crippen LogP contribution >= 0.6 is 0 Å². The van der Waals surface area contributed by atoms with Gasteiger partial charge in [0.2, 0.25) is 5.56 Å². The number of unbranched alkanes of at least 4 members (excludes halogenated alkanes) is 6. The van der Waals surface area contributed by atoms with Gasteiger partial charge in [-0.1, -0.05) is 111 Å². The lowest BCUT2D eigenvalue weighted by Gasteiger charge is -2.36. The molecule has 1 aliphatic rings. The number of nitrogens with one attached hydrogen (secondary N) is 3. The van der Waals surface area contributed by atoms with Crippen molar-refractivity contribution in [1.29, 1.82) is 0 Å². The van der Waals surface area contributed by atoms with E-state index in [0.29, 0.717) is 17.9 Å². The van der Waals surface area contributed by atoms with Crippen molar-refractivity contribution in [3.63, 3.8) is 0 Å². The number of fused-ring (bicyclic) bond motifs is 1. The third kappa shape index (κ3) is 11.8. The van der Waals surface area contributed by atoms with Gasteiger partial charge in [-0.05, 0) is 66.3 Å². The number of aryl methyl sites for hydroxylation is 1. The maximum Gasteiger partial charge on any atom is 0.411 e. The summed E-state index contributed by atoms with van der Waals surface area (Å²) in [4.78, 5) is 28.2. The Balaban J connectivity index is 0.920. The van der Waals surface area contributed by atoms with Crippen LogP contribution in [0.3, 0.4) is 0 Å². The third-order valence-electron chi connectivity index (χ3n) is 11.0. The molecule has 2 heterocycles. The van der Waals surface area contributed by atoms with Gasteiger partial charge >= 0.3 is 6.09 Å². The molecule has 0 bridgehead atoms. The minimum absolute atomic E-state index is 0.0392. The van der Waals surface area contributed by atoms with Crippen molar-refractivity contribution in [2.75, 3.05) is 45.7 Å². The molecule has 9 heteroatoms. The molecule has 1 fully saturated rings. The molecule has 1 unspecified atom stereocenters. The fourth-order valence-corrected chi connectivity index (χ4v) is 7.67. The maximum absolute atomic E-state index is 13.0. The highest BCUT2D eigenvalue weighted by molar-refractivity contribution is 5.92. The Labute approximate surface area is 331 Å². The van der Waals surface area contributed by atoms with Crippen molar-refractivity contribution in [2.45, 2.75) is 83.0 Å². The number of benzene rings is 4. The van der Waals surface area contributed by atoms with Gasteiger partial charge in [-0.2, -0.15) is 0 Å². The van der Waals surface area contributed by atoms with E-state index in [4.69, 9.17) is 9.47 Å². The molecule has 0 spiro atoms. The second-order valence-corrected chi connectivity index (χ2v) is 15.8. The number of aliphatic hydroxyl groups excluding tert-OH is 1. The number of piperidine rings is 1. The Morgan fingerprint density at radius 3 is 2.25 bits per heavy atom. The summed E-state index contributed by atoms with van der Waals surface area (Å²) in [5.41, 5.74) is 6.52. The van der Waals surface area contributed by atoms with E-state index in [0.717, 1.165) is 102 Å². The van der Waals surface area contributed by atoms with Crippen LogP contribution in [0.25, 0.3) is 22.0 Å². The van der Waals surface area contributed by atoms with Crippen LogP contribution in [0.1, 0.15) is 80.5 Å². The summed E-state index contributed by atoms with van der Waals surface area (Å²) in [6.45, 7) is 3.17. The van der Waals surface area contributed by atoms with Crippen molar-refractivity contribution < 1.29 is 23.9 Å². The lowest BCUT2D eigenvalue weighted by molar-refractivity contribution is -0.896. The van der Waals surface area contributed by atoms with Gasteiger partial charge in [-0.3, -0.25) is 10.1 Å². The molecule has 6 rings (SSSR count). The summed E-state index contributed by atoms with van der Waals surface area (Å²) >= 11 is 0. The average Bonchev–Trinajstić information content (AvgIpc) is 3.21. The molecule has 1 atom stereocenters. The number of hydrogen-bond acceptors (Lipinski definition) is 6. The molecule has 9 nitrogen and oxygen atoms in total. The predicted molar refractivity (Wildman–Crippen MR) is 226 cm³/mol. The zero-order valence-corrected chi connectivity index (χ0v) is 33.1. The molecule has 1 amide bonds. The quantitative estimate of drug-likeness (QED) is 0.0494. The Bertz CT molecular complexity index is 2040. The monoisotopic (exact) mass is 759 g/mol. The topological polar surface area (TPSA) is 113 Å². The normalized spacial score (nSPS) is 14.7. The van der Waals surface area contributed by atoms with Gasteiger partial charge in [0.25, 0.3) is 0 Å². The van der Waals surface area contributed by atoms with Gasteiger partial charge in [0.15, 0.2) is 0 Å². The van der Waals surface area contributed by atoms with Crippen LogP contribution in [-0.4, -0.2) is 67.1 Å². The van der Waals surface area contributed by atoms with E-state index in [1.807, 2.05) is 66.7 Å². The number of anilines is 1. The molecular formula is C47H59N4O5+. The Morgan fingerprint density at radius 1 is 0.821 bits per heavy atom. The first kappa shape index (κ1) is 40.7. The molecule has 5 aromatic rings. The number of aliphatic hydroxyl groups is 1. The lowest BCUT2D eigenvalue weighted by atomic mass is 9.98. The summed E-state index contributed by atoms with van der Waals surface area (Å²) in [6, 6.07) is 33.5. The number of aromatic amines is 1. The number of nitrogens with zero attached hydrogens (tertiary/aromatic N) is 1. The van der Waals surface area contributed by atoms with Crippen molar-refractivity contribution in [1.82, 2.24) is 10.3 Å². The van der Waals surface area contributed by atoms with Crippen molar-refractivity contribution in [2.24, 2.45) is 0 Å². The van der Waals surface area contributed by atoms with Crippen LogP contribution in [0.5, 0.6) is 5.75 Å². The van der Waals surface area contributed by atoms with Crippen molar-refractivity contribution >= 4 is 22.7 Å². The van der Waals surface area contributed by atoms with Gasteiger partial charge in [0.05, 0.1) is 51.0 Å². The molecule has 0 saturated carbocycles. The van der Waals surface area contributed by atoms with E-state index in [1.165, 1.54) is 30.9 Å². The van der Waals surface area contributed by atoms with Crippen LogP contribution < -0.4 is 20.9 Å². The standard InChI is InChI=1S/C47H58N4O5/c1-51(2)30-27-38(28-31-51)56-47(54)49-42-32-35(21-22-39(42)37-19-13-9-14-20-37)16-10-6-4-3-5-7-15-29-48-43(33-52)40-23-25-44(46-41(40)24-26-45(53)50-46)55-34-36-17-11-8-12-18-36/h8-9,11-14,17-26,32,38,43,48,52H,3-7,10,15-16,27-31,33-34H2,1-2H3,(H-,49,50,53,54)/p+1. The number of amides is 1. The Hall–Kier alpha value is -4.96. The predicted octanol–water partition coefficient (Wildman–Crippen LogP) is 9.16. The highest BCUT2D eigenvalue weighted by Crippen LogP contribution is 2.32. The smallest absolute Gasteiger partial charge is 0.411 e. The molecule has 4 N–H and O–H groups in total. The SMILES string of the molecule is C[N+]1(C)CCC(OC(=O)Nc2cc(CCCCCCCCCNC(CO)c3ccc(OCc4ccccc4)c4[nH]c(=O)ccc34)ccc2-c2ccccc2)CC1. The van der Waals surface area contributed by atoms with E-state index in [1.54, 1.807) is 0 Å². The van der Waals surface area contributed by atoms with Gasteiger partial charge in [-0.15, -0.1) is 0 Å². The van der Waals surface area contributed by atoms with Crippen molar-refractivity contribution in [3.8, 4) is 16.9 Å². The first-order chi connectivity index (χ1) is 27.3. The first-order valence-corrected chi connectivity index (χ1v) is 20.4. The molecule has 0 radical (unpaired) electrons. The van der Waals surface area contributed by atoms with Crippen LogP contribution in [0.4, 0.5) is 10.5 Å². The summed E-state index contributed by atoms with van der Waals surface area (Å²) in [5.74, 6) is 0.611. The van der Waals surface area contributed by atoms with E-state index < -0.39 is 0 Å². The zero-order chi connectivity index (χ0) is 39.2. The largest absolute Gasteiger partial charge is 0.487 e. The van der Waals surface area contributed by atoms with E-state index in [9.17, 15) is 14.7 Å². The van der Waals surface area contributed by atoms with Gasteiger partial charge in [-0.25, -0.2) is 4.79 Å². The van der Waals surface area contributed by atoms with E-state index >= 15 is 0 Å². The Kier molecular flexibility index (Phi) is 14.7. The zero-order valence-electron chi connectivity index (χ0n) is 33.1. The van der Waals surface area contributed by atoms with Crippen LogP contribution in [0, 0.1) is 0 Å². The van der Waals surface area contributed by atoms with Crippen LogP contribution in [0.2, 0.25) is 0 Å². The number of carbonyl (C=O) groups excluding carboxylic acids is 1. The summed E-state index contributed by atoms with van der Waals surface area (Å²) in [5, 5.41) is 17.8. The molecule has 1 aliphatic heterocycles. The number of likely N-dealkylation sites (tertiary alicyclic amines) is 1. The highest BCUT2D eigenvalue weighted by atomic mass is 16.6. The number of H-pyrrole nitrogens is 1. The molecule has 1 aromatic heterocycles. The minimum atomic E-state index is -0.372.